The Labute approximate surface area is 248 Å². The third-order valence-electron chi connectivity index (χ3n) is 9.55. The number of amides is 2. The lowest BCUT2D eigenvalue weighted by molar-refractivity contribution is -0.163. The number of allylic oxidation sites excluding steroid dienone is 1. The molecule has 218 valence electrons. The van der Waals surface area contributed by atoms with E-state index in [-0.39, 0.29) is 30.8 Å². The van der Waals surface area contributed by atoms with E-state index in [1.54, 1.807) is 4.90 Å². The van der Waals surface area contributed by atoms with Gasteiger partial charge >= 0.3 is 5.97 Å². The first kappa shape index (κ1) is 28.2. The molecule has 0 aromatic heterocycles. The number of carbonyl (C=O) groups excluding carboxylic acids is 3. The van der Waals surface area contributed by atoms with Crippen LogP contribution in [-0.4, -0.2) is 47.3 Å². The van der Waals surface area contributed by atoms with Gasteiger partial charge in [-0.2, -0.15) is 0 Å². The van der Waals surface area contributed by atoms with E-state index in [1.165, 1.54) is 5.56 Å². The summed E-state index contributed by atoms with van der Waals surface area (Å²) in [6, 6.07) is 24.8. The molecule has 0 spiro atoms. The van der Waals surface area contributed by atoms with Gasteiger partial charge in [-0.05, 0) is 73.3 Å². The number of benzene rings is 3. The Morgan fingerprint density at radius 3 is 2.48 bits per heavy atom. The summed E-state index contributed by atoms with van der Waals surface area (Å²) >= 11 is 0. The van der Waals surface area contributed by atoms with Crippen LogP contribution in [0.3, 0.4) is 0 Å². The molecule has 0 bridgehead atoms. The Kier molecular flexibility index (Phi) is 8.14. The number of piperidine rings is 2. The molecule has 2 saturated heterocycles. The number of esters is 1. The van der Waals surface area contributed by atoms with Crippen molar-refractivity contribution in [2.45, 2.75) is 64.3 Å². The normalized spacial score (nSPS) is 22.9. The number of ether oxygens (including phenoxy) is 1. The van der Waals surface area contributed by atoms with E-state index in [1.807, 2.05) is 36.1 Å². The van der Waals surface area contributed by atoms with Crippen LogP contribution in [0.4, 0.5) is 0 Å². The summed E-state index contributed by atoms with van der Waals surface area (Å²) in [7, 11) is 0. The van der Waals surface area contributed by atoms with Crippen LogP contribution in [0.15, 0.2) is 84.6 Å². The molecule has 0 N–H and O–H groups in total. The van der Waals surface area contributed by atoms with Crippen molar-refractivity contribution in [2.24, 2.45) is 11.3 Å². The highest BCUT2D eigenvalue weighted by Gasteiger charge is 2.54. The molecule has 2 aliphatic heterocycles. The molecule has 3 aliphatic rings. The van der Waals surface area contributed by atoms with Gasteiger partial charge in [0.15, 0.2) is 0 Å². The molecule has 42 heavy (non-hydrogen) atoms. The first-order valence-electron chi connectivity index (χ1n) is 15.5. The number of fused-ring (bicyclic) bond motifs is 2. The summed E-state index contributed by atoms with van der Waals surface area (Å²) in [5, 5.41) is 2.20. The van der Waals surface area contributed by atoms with Crippen LogP contribution in [0.1, 0.15) is 68.9 Å². The number of likely N-dealkylation sites (tertiary alicyclic amines) is 2. The van der Waals surface area contributed by atoms with Crippen LogP contribution < -0.4 is 0 Å². The Morgan fingerprint density at radius 2 is 1.69 bits per heavy atom. The number of carbonyl (C=O) groups is 3. The van der Waals surface area contributed by atoms with Crippen LogP contribution in [0.2, 0.25) is 0 Å². The second-order valence-electron chi connectivity index (χ2n) is 12.0. The second-order valence-corrected chi connectivity index (χ2v) is 12.0. The molecule has 0 radical (unpaired) electrons. The van der Waals surface area contributed by atoms with Gasteiger partial charge in [0.05, 0.1) is 13.2 Å². The number of rotatable bonds is 7. The zero-order chi connectivity index (χ0) is 29.1. The van der Waals surface area contributed by atoms with Crippen molar-refractivity contribution in [3.63, 3.8) is 0 Å². The van der Waals surface area contributed by atoms with Crippen LogP contribution >= 0.6 is 0 Å². The molecular formula is C36H40N2O4. The molecule has 2 heterocycles. The molecule has 0 unspecified atom stereocenters. The summed E-state index contributed by atoms with van der Waals surface area (Å²) in [4.78, 5) is 45.3. The minimum atomic E-state index is -0.905. The molecule has 6 rings (SSSR count). The van der Waals surface area contributed by atoms with Crippen molar-refractivity contribution < 1.29 is 19.1 Å². The molecule has 2 atom stereocenters. The first-order chi connectivity index (χ1) is 20.5. The van der Waals surface area contributed by atoms with Gasteiger partial charge in [-0.25, -0.2) is 0 Å². The summed E-state index contributed by atoms with van der Waals surface area (Å²) < 4.78 is 5.66. The van der Waals surface area contributed by atoms with Gasteiger partial charge in [0.25, 0.3) is 0 Å². The predicted octanol–water partition coefficient (Wildman–Crippen LogP) is 6.60. The lowest BCUT2D eigenvalue weighted by atomic mass is 9.66. The van der Waals surface area contributed by atoms with E-state index < -0.39 is 11.3 Å². The predicted molar refractivity (Wildman–Crippen MR) is 163 cm³/mol. The molecule has 3 aromatic rings. The highest BCUT2D eigenvalue weighted by molar-refractivity contribution is 5.93. The fourth-order valence-corrected chi connectivity index (χ4v) is 7.40. The van der Waals surface area contributed by atoms with Gasteiger partial charge in [-0.3, -0.25) is 14.4 Å². The molecule has 2 fully saturated rings. The maximum absolute atomic E-state index is 14.3. The van der Waals surface area contributed by atoms with Crippen molar-refractivity contribution in [1.82, 2.24) is 9.80 Å². The van der Waals surface area contributed by atoms with Gasteiger partial charge in [-0.1, -0.05) is 78.9 Å². The zero-order valence-corrected chi connectivity index (χ0v) is 24.5. The summed E-state index contributed by atoms with van der Waals surface area (Å²) in [6.07, 6.45) is 6.65. The average Bonchev–Trinajstić information content (AvgIpc) is 3.03. The van der Waals surface area contributed by atoms with E-state index in [4.69, 9.17) is 4.74 Å². The molecule has 0 saturated carbocycles. The van der Waals surface area contributed by atoms with Crippen molar-refractivity contribution in [3.05, 3.63) is 95.7 Å². The maximum atomic E-state index is 14.3. The lowest BCUT2D eigenvalue weighted by Crippen LogP contribution is -2.54. The molecule has 6 heteroatoms. The van der Waals surface area contributed by atoms with Crippen LogP contribution in [-0.2, 0) is 25.7 Å². The number of hydrogen-bond donors (Lipinski definition) is 0. The fraction of sp³-hybridized carbons (Fsp3) is 0.417. The van der Waals surface area contributed by atoms with Crippen LogP contribution in [0.5, 0.6) is 0 Å². The van der Waals surface area contributed by atoms with Crippen LogP contribution in [0, 0.1) is 11.3 Å². The summed E-state index contributed by atoms with van der Waals surface area (Å²) in [5.41, 5.74) is 2.21. The summed E-state index contributed by atoms with van der Waals surface area (Å²) in [6.45, 7) is 3.84. The van der Waals surface area contributed by atoms with Crippen molar-refractivity contribution >= 4 is 28.6 Å². The van der Waals surface area contributed by atoms with Crippen LogP contribution in [0.25, 0.3) is 10.8 Å². The fourth-order valence-electron chi connectivity index (χ4n) is 7.40. The highest BCUT2D eigenvalue weighted by Crippen LogP contribution is 2.50. The van der Waals surface area contributed by atoms with E-state index in [0.29, 0.717) is 38.4 Å². The Morgan fingerprint density at radius 1 is 0.952 bits per heavy atom. The van der Waals surface area contributed by atoms with E-state index in [2.05, 4.69) is 54.6 Å². The smallest absolute Gasteiger partial charge is 0.318 e. The SMILES string of the molecule is CCOC(=O)[C@]12CCCC=C1N(Cc1cccc3ccccc13)C(=O)[C@H](CC(=O)N1CCC(c3ccccc3)CC1)C2. The molecule has 2 amide bonds. The standard InChI is InChI=1S/C36H40N2O4/c1-2-42-35(41)36-20-9-8-17-32(36)38(25-29-15-10-14-28-13-6-7-16-31(28)29)34(40)30(24-36)23-33(39)37-21-18-27(19-22-37)26-11-4-3-5-12-26/h3-7,10-17,27,30H,2,8-9,18-25H2,1H3/t30-,36+/m1/s1. The van der Waals surface area contributed by atoms with Gasteiger partial charge in [-0.15, -0.1) is 0 Å². The van der Waals surface area contributed by atoms with Gasteiger partial charge in [0.1, 0.15) is 5.41 Å². The zero-order valence-electron chi connectivity index (χ0n) is 24.5. The maximum Gasteiger partial charge on any atom is 0.318 e. The quantitative estimate of drug-likeness (QED) is 0.303. The number of hydrogen-bond acceptors (Lipinski definition) is 4. The molecule has 6 nitrogen and oxygen atoms in total. The van der Waals surface area contributed by atoms with Crippen molar-refractivity contribution in [3.8, 4) is 0 Å². The topological polar surface area (TPSA) is 66.9 Å². The van der Waals surface area contributed by atoms with E-state index >= 15 is 0 Å². The lowest BCUT2D eigenvalue weighted by Gasteiger charge is -2.48. The third-order valence-corrected chi connectivity index (χ3v) is 9.55. The Bertz CT molecular complexity index is 1490. The minimum Gasteiger partial charge on any atom is -0.465 e. The average molecular weight is 565 g/mol. The Balaban J connectivity index is 1.26. The third kappa shape index (κ3) is 5.35. The largest absolute Gasteiger partial charge is 0.465 e. The van der Waals surface area contributed by atoms with Gasteiger partial charge < -0.3 is 14.5 Å². The van der Waals surface area contributed by atoms with Gasteiger partial charge in [0, 0.05) is 31.1 Å². The number of nitrogens with zero attached hydrogens (tertiary/aromatic N) is 2. The molecular weight excluding hydrogens is 524 g/mol. The monoisotopic (exact) mass is 564 g/mol. The van der Waals surface area contributed by atoms with Crippen molar-refractivity contribution in [1.29, 1.82) is 0 Å². The molecule has 1 aliphatic carbocycles. The first-order valence-corrected chi connectivity index (χ1v) is 15.5. The van der Waals surface area contributed by atoms with E-state index in [9.17, 15) is 14.4 Å². The minimum absolute atomic E-state index is 0.00669. The highest BCUT2D eigenvalue weighted by atomic mass is 16.5. The van der Waals surface area contributed by atoms with Crippen molar-refractivity contribution in [2.75, 3.05) is 19.7 Å². The second kappa shape index (κ2) is 12.1. The molecule has 3 aromatic carbocycles. The summed E-state index contributed by atoms with van der Waals surface area (Å²) in [5.74, 6) is -0.452. The van der Waals surface area contributed by atoms with E-state index in [0.717, 1.165) is 47.7 Å². The van der Waals surface area contributed by atoms with Gasteiger partial charge in [0.2, 0.25) is 11.8 Å². The Hall–Kier alpha value is -3.93.